The highest BCUT2D eigenvalue weighted by Gasteiger charge is 2.11. The zero-order valence-corrected chi connectivity index (χ0v) is 11.3. The van der Waals surface area contributed by atoms with Crippen molar-refractivity contribution in [2.24, 2.45) is 0 Å². The molecule has 3 N–H and O–H groups in total. The number of aliphatic hydroxyl groups excluding tert-OH is 1. The number of rotatable bonds is 4. The fourth-order valence-corrected chi connectivity index (χ4v) is 1.75. The lowest BCUT2D eigenvalue weighted by molar-refractivity contribution is 0.175. The van der Waals surface area contributed by atoms with Crippen molar-refractivity contribution in [2.75, 3.05) is 11.9 Å². The Morgan fingerprint density at radius 2 is 1.68 bits per heavy atom. The van der Waals surface area contributed by atoms with Crippen molar-refractivity contribution in [1.82, 2.24) is 5.32 Å². The summed E-state index contributed by atoms with van der Waals surface area (Å²) in [7, 11) is 0. The molecule has 22 heavy (non-hydrogen) atoms. The van der Waals surface area contributed by atoms with Gasteiger partial charge in [0.25, 0.3) is 0 Å². The van der Waals surface area contributed by atoms with E-state index in [1.54, 1.807) is 0 Å². The molecule has 2 amide bonds. The molecule has 0 aliphatic carbocycles. The van der Waals surface area contributed by atoms with Crippen LogP contribution in [0, 0.1) is 17.5 Å². The number of hydrogen-bond acceptors (Lipinski definition) is 2. The maximum absolute atomic E-state index is 13.3. The Hall–Kier alpha value is -2.54. The molecule has 0 saturated carbocycles. The van der Waals surface area contributed by atoms with E-state index in [4.69, 9.17) is 0 Å². The van der Waals surface area contributed by atoms with E-state index in [-0.39, 0.29) is 12.2 Å². The lowest BCUT2D eigenvalue weighted by atomic mass is 10.1. The number of halogens is 3. The smallest absolute Gasteiger partial charge is 0.319 e. The van der Waals surface area contributed by atoms with E-state index in [1.165, 1.54) is 24.3 Å². The number of anilines is 1. The molecule has 0 fully saturated rings. The SMILES string of the molecule is O=C(NCC(O)c1ccc(F)cc1)Nc1cc(F)ccc1F. The van der Waals surface area contributed by atoms with Gasteiger partial charge in [0.1, 0.15) is 17.5 Å². The first-order valence-electron chi connectivity index (χ1n) is 6.39. The van der Waals surface area contributed by atoms with Crippen LogP contribution in [-0.2, 0) is 0 Å². The van der Waals surface area contributed by atoms with Gasteiger partial charge in [0.2, 0.25) is 0 Å². The second-order valence-corrected chi connectivity index (χ2v) is 4.53. The molecule has 116 valence electrons. The minimum Gasteiger partial charge on any atom is -0.387 e. The fraction of sp³-hybridized carbons (Fsp3) is 0.133. The van der Waals surface area contributed by atoms with Gasteiger partial charge in [-0.1, -0.05) is 12.1 Å². The largest absolute Gasteiger partial charge is 0.387 e. The number of amides is 2. The van der Waals surface area contributed by atoms with Gasteiger partial charge >= 0.3 is 6.03 Å². The summed E-state index contributed by atoms with van der Waals surface area (Å²) in [5, 5.41) is 14.3. The third kappa shape index (κ3) is 4.23. The number of aliphatic hydroxyl groups is 1. The van der Waals surface area contributed by atoms with Crippen molar-refractivity contribution in [3.05, 3.63) is 65.5 Å². The third-order valence-electron chi connectivity index (χ3n) is 2.89. The third-order valence-corrected chi connectivity index (χ3v) is 2.89. The first-order chi connectivity index (χ1) is 10.5. The number of nitrogens with one attached hydrogen (secondary N) is 2. The highest BCUT2D eigenvalue weighted by atomic mass is 19.1. The highest BCUT2D eigenvalue weighted by molar-refractivity contribution is 5.89. The molecule has 1 unspecified atom stereocenters. The monoisotopic (exact) mass is 310 g/mol. The summed E-state index contributed by atoms with van der Waals surface area (Å²) >= 11 is 0. The Morgan fingerprint density at radius 3 is 2.36 bits per heavy atom. The quantitative estimate of drug-likeness (QED) is 0.813. The summed E-state index contributed by atoms with van der Waals surface area (Å²) in [4.78, 5) is 11.6. The molecule has 0 saturated heterocycles. The van der Waals surface area contributed by atoms with E-state index in [2.05, 4.69) is 10.6 Å². The summed E-state index contributed by atoms with van der Waals surface area (Å²) in [6.45, 7) is -0.172. The topological polar surface area (TPSA) is 61.4 Å². The number of benzene rings is 2. The van der Waals surface area contributed by atoms with E-state index in [0.29, 0.717) is 5.56 Å². The minimum atomic E-state index is -1.05. The zero-order chi connectivity index (χ0) is 16.1. The number of carbonyl (C=O) groups is 1. The highest BCUT2D eigenvalue weighted by Crippen LogP contribution is 2.15. The standard InChI is InChI=1S/C15H13F3N2O2/c16-10-3-1-9(2-4-10)14(21)8-19-15(22)20-13-7-11(17)5-6-12(13)18/h1-7,14,21H,8H2,(H2,19,20,22). The van der Waals surface area contributed by atoms with Gasteiger partial charge in [-0.3, -0.25) is 0 Å². The van der Waals surface area contributed by atoms with E-state index >= 15 is 0 Å². The van der Waals surface area contributed by atoms with Gasteiger partial charge in [0.05, 0.1) is 11.8 Å². The molecule has 4 nitrogen and oxygen atoms in total. The van der Waals surface area contributed by atoms with Crippen molar-refractivity contribution < 1.29 is 23.1 Å². The van der Waals surface area contributed by atoms with Crippen LogP contribution in [-0.4, -0.2) is 17.7 Å². The predicted octanol–water partition coefficient (Wildman–Crippen LogP) is 2.96. The Kier molecular flexibility index (Phi) is 5.00. The first kappa shape index (κ1) is 15.8. The van der Waals surface area contributed by atoms with E-state index in [0.717, 1.165) is 18.2 Å². The average molecular weight is 310 g/mol. The Bertz CT molecular complexity index is 662. The van der Waals surface area contributed by atoms with Crippen molar-refractivity contribution in [3.63, 3.8) is 0 Å². The molecule has 0 bridgehead atoms. The lowest BCUT2D eigenvalue weighted by Gasteiger charge is -2.13. The molecule has 0 aliphatic rings. The van der Waals surface area contributed by atoms with Crippen molar-refractivity contribution in [2.45, 2.75) is 6.10 Å². The summed E-state index contributed by atoms with van der Waals surface area (Å²) in [6.07, 6.45) is -1.05. The van der Waals surface area contributed by atoms with Crippen molar-refractivity contribution in [3.8, 4) is 0 Å². The molecule has 0 aliphatic heterocycles. The maximum atomic E-state index is 13.3. The normalized spacial score (nSPS) is 11.8. The van der Waals surface area contributed by atoms with Crippen LogP contribution in [0.1, 0.15) is 11.7 Å². The van der Waals surface area contributed by atoms with Crippen LogP contribution < -0.4 is 10.6 Å². The Labute approximate surface area is 124 Å². The van der Waals surface area contributed by atoms with Gasteiger partial charge in [-0.25, -0.2) is 18.0 Å². The van der Waals surface area contributed by atoms with Gasteiger partial charge < -0.3 is 15.7 Å². The fourth-order valence-electron chi connectivity index (χ4n) is 1.75. The molecule has 2 aromatic rings. The molecule has 0 aromatic heterocycles. The van der Waals surface area contributed by atoms with Crippen LogP contribution in [0.5, 0.6) is 0 Å². The maximum Gasteiger partial charge on any atom is 0.319 e. The van der Waals surface area contributed by atoms with Gasteiger partial charge in [0, 0.05) is 12.6 Å². The van der Waals surface area contributed by atoms with Crippen LogP contribution in [0.3, 0.4) is 0 Å². The second kappa shape index (κ2) is 6.95. The Balaban J connectivity index is 1.89. The van der Waals surface area contributed by atoms with Gasteiger partial charge in [-0.15, -0.1) is 0 Å². The minimum absolute atomic E-state index is 0.172. The van der Waals surface area contributed by atoms with E-state index in [1.807, 2.05) is 0 Å². The number of urea groups is 1. The zero-order valence-electron chi connectivity index (χ0n) is 11.3. The number of hydrogen-bond donors (Lipinski definition) is 3. The molecule has 1 atom stereocenters. The van der Waals surface area contributed by atoms with Crippen LogP contribution in [0.25, 0.3) is 0 Å². The second-order valence-electron chi connectivity index (χ2n) is 4.53. The Morgan fingerprint density at radius 1 is 1.05 bits per heavy atom. The van der Waals surface area contributed by atoms with Crippen LogP contribution in [0.4, 0.5) is 23.7 Å². The van der Waals surface area contributed by atoms with E-state index < -0.39 is 29.6 Å². The summed E-state index contributed by atoms with van der Waals surface area (Å²) in [5.41, 5.74) is 0.104. The molecule has 2 rings (SSSR count). The molecule has 0 spiro atoms. The van der Waals surface area contributed by atoms with Crippen molar-refractivity contribution in [1.29, 1.82) is 0 Å². The molecule has 0 radical (unpaired) electrons. The average Bonchev–Trinajstić information content (AvgIpc) is 2.49. The van der Waals surface area contributed by atoms with Crippen LogP contribution in [0.2, 0.25) is 0 Å². The summed E-state index contributed by atoms with van der Waals surface area (Å²) < 4.78 is 39.0. The van der Waals surface area contributed by atoms with Crippen molar-refractivity contribution >= 4 is 11.7 Å². The molecule has 0 heterocycles. The van der Waals surface area contributed by atoms with Crippen LogP contribution >= 0.6 is 0 Å². The molecular weight excluding hydrogens is 297 g/mol. The van der Waals surface area contributed by atoms with E-state index in [9.17, 15) is 23.1 Å². The summed E-state index contributed by atoms with van der Waals surface area (Å²) in [6, 6.07) is 6.98. The predicted molar refractivity (Wildman–Crippen MR) is 74.7 cm³/mol. The van der Waals surface area contributed by atoms with Gasteiger partial charge in [-0.2, -0.15) is 0 Å². The van der Waals surface area contributed by atoms with Gasteiger partial charge in [-0.05, 0) is 29.8 Å². The number of carbonyl (C=O) groups excluding carboxylic acids is 1. The molecular formula is C15H13F3N2O2. The first-order valence-corrected chi connectivity index (χ1v) is 6.39. The molecule has 2 aromatic carbocycles. The summed E-state index contributed by atoms with van der Waals surface area (Å²) in [5.74, 6) is -1.91. The van der Waals surface area contributed by atoms with Crippen LogP contribution in [0.15, 0.2) is 42.5 Å². The van der Waals surface area contributed by atoms with Gasteiger partial charge in [0.15, 0.2) is 0 Å². The molecule has 7 heteroatoms. The lowest BCUT2D eigenvalue weighted by Crippen LogP contribution is -2.32.